The van der Waals surface area contributed by atoms with Crippen molar-refractivity contribution in [3.8, 4) is 0 Å². The largest absolute Gasteiger partial charge is 0.397 e. The van der Waals surface area contributed by atoms with E-state index < -0.39 is 0 Å². The molecule has 118 valence electrons. The zero-order valence-corrected chi connectivity index (χ0v) is 14.6. The molecule has 0 radical (unpaired) electrons. The lowest BCUT2D eigenvalue weighted by molar-refractivity contribution is 0.103. The van der Waals surface area contributed by atoms with E-state index in [9.17, 15) is 4.79 Å². The number of nitrogens with two attached hydrogens (primary N) is 1. The number of halogens is 1. The number of hydrogen-bond donors (Lipinski definition) is 2. The van der Waals surface area contributed by atoms with Crippen molar-refractivity contribution in [1.29, 1.82) is 0 Å². The second kappa shape index (κ2) is 5.83. The number of aryl methyl sites for hydroxylation is 2. The highest BCUT2D eigenvalue weighted by molar-refractivity contribution is 7.21. The number of anilines is 2. The summed E-state index contributed by atoms with van der Waals surface area (Å²) in [5, 5.41) is 4.35. The molecule has 0 fully saturated rings. The number of hydrogen-bond acceptors (Lipinski definition) is 4. The van der Waals surface area contributed by atoms with Crippen LogP contribution in [0.3, 0.4) is 0 Å². The molecule has 6 heteroatoms. The summed E-state index contributed by atoms with van der Waals surface area (Å²) in [5.41, 5.74) is 10.1. The number of carbonyl (C=O) groups excluding carboxylic acids is 1. The van der Waals surface area contributed by atoms with Gasteiger partial charge in [-0.15, -0.1) is 11.3 Å². The van der Waals surface area contributed by atoms with Gasteiger partial charge in [-0.05, 0) is 50.1 Å². The van der Waals surface area contributed by atoms with Gasteiger partial charge in [0, 0.05) is 21.8 Å². The van der Waals surface area contributed by atoms with Crippen molar-refractivity contribution in [2.45, 2.75) is 20.8 Å². The van der Waals surface area contributed by atoms with Crippen LogP contribution < -0.4 is 11.1 Å². The average molecular weight is 346 g/mol. The predicted octanol–water partition coefficient (Wildman–Crippen LogP) is 4.71. The van der Waals surface area contributed by atoms with Gasteiger partial charge in [0.25, 0.3) is 5.91 Å². The first-order valence-corrected chi connectivity index (χ1v) is 8.30. The number of nitrogens with one attached hydrogen (secondary N) is 1. The zero-order valence-electron chi connectivity index (χ0n) is 13.0. The highest BCUT2D eigenvalue weighted by Gasteiger charge is 2.19. The highest BCUT2D eigenvalue weighted by atomic mass is 35.5. The summed E-state index contributed by atoms with van der Waals surface area (Å²) in [6.45, 7) is 5.77. The van der Waals surface area contributed by atoms with Crippen LogP contribution in [0.5, 0.6) is 0 Å². The van der Waals surface area contributed by atoms with Crippen molar-refractivity contribution in [3.05, 3.63) is 51.0 Å². The molecule has 0 aliphatic rings. The number of benzene rings is 1. The van der Waals surface area contributed by atoms with Gasteiger partial charge in [0.15, 0.2) is 0 Å². The normalized spacial score (nSPS) is 11.0. The van der Waals surface area contributed by atoms with Crippen LogP contribution in [0, 0.1) is 20.8 Å². The van der Waals surface area contributed by atoms with Gasteiger partial charge in [0.2, 0.25) is 0 Å². The van der Waals surface area contributed by atoms with Gasteiger partial charge >= 0.3 is 0 Å². The van der Waals surface area contributed by atoms with Crippen molar-refractivity contribution in [2.75, 3.05) is 11.1 Å². The van der Waals surface area contributed by atoms with Crippen molar-refractivity contribution in [1.82, 2.24) is 4.98 Å². The molecule has 2 aromatic heterocycles. The zero-order chi connectivity index (χ0) is 16.7. The Labute approximate surface area is 143 Å². The summed E-state index contributed by atoms with van der Waals surface area (Å²) in [6, 6.07) is 7.37. The Balaban J connectivity index is 2.03. The minimum Gasteiger partial charge on any atom is -0.397 e. The van der Waals surface area contributed by atoms with E-state index in [1.807, 2.05) is 32.9 Å². The maximum atomic E-state index is 12.6. The van der Waals surface area contributed by atoms with Crippen LogP contribution in [0.4, 0.5) is 11.4 Å². The average Bonchev–Trinajstić information content (AvgIpc) is 2.81. The van der Waals surface area contributed by atoms with Gasteiger partial charge < -0.3 is 11.1 Å². The van der Waals surface area contributed by atoms with Crippen molar-refractivity contribution in [3.63, 3.8) is 0 Å². The molecule has 0 saturated heterocycles. The topological polar surface area (TPSA) is 68.0 Å². The Bertz CT molecular complexity index is 933. The molecule has 4 nitrogen and oxygen atoms in total. The van der Waals surface area contributed by atoms with Crippen LogP contribution >= 0.6 is 22.9 Å². The molecule has 23 heavy (non-hydrogen) atoms. The number of carbonyl (C=O) groups is 1. The number of thiophene rings is 1. The first-order valence-electron chi connectivity index (χ1n) is 7.11. The van der Waals surface area contributed by atoms with Gasteiger partial charge in [0.1, 0.15) is 9.71 Å². The molecule has 0 atom stereocenters. The van der Waals surface area contributed by atoms with Gasteiger partial charge in [0.05, 0.1) is 5.69 Å². The van der Waals surface area contributed by atoms with Crippen molar-refractivity contribution in [2.24, 2.45) is 0 Å². The molecule has 0 saturated carbocycles. The Hall–Kier alpha value is -2.11. The van der Waals surface area contributed by atoms with E-state index in [1.54, 1.807) is 12.1 Å². The number of pyridine rings is 1. The van der Waals surface area contributed by atoms with E-state index >= 15 is 0 Å². The maximum absolute atomic E-state index is 12.6. The fourth-order valence-corrected chi connectivity index (χ4v) is 3.85. The van der Waals surface area contributed by atoms with Crippen LogP contribution in [-0.4, -0.2) is 10.9 Å². The number of aromatic nitrogens is 1. The van der Waals surface area contributed by atoms with Crippen LogP contribution in [0.25, 0.3) is 10.2 Å². The standard InChI is InChI=1S/C17H16ClN3OS/c1-8-7-9(2)20-17-13(8)14(19)15(23-17)16(22)21-12-6-4-5-11(18)10(12)3/h4-7H,19H2,1-3H3,(H,21,22). The summed E-state index contributed by atoms with van der Waals surface area (Å²) in [6.07, 6.45) is 0. The van der Waals surface area contributed by atoms with Gasteiger partial charge in [-0.1, -0.05) is 17.7 Å². The van der Waals surface area contributed by atoms with E-state index in [2.05, 4.69) is 10.3 Å². The molecule has 2 heterocycles. The molecule has 3 N–H and O–H groups in total. The highest BCUT2D eigenvalue weighted by Crippen LogP contribution is 2.35. The van der Waals surface area contributed by atoms with Crippen LogP contribution in [0.2, 0.25) is 5.02 Å². The van der Waals surface area contributed by atoms with Crippen LogP contribution in [0.15, 0.2) is 24.3 Å². The first kappa shape index (κ1) is 15.8. The monoisotopic (exact) mass is 345 g/mol. The number of amides is 1. The smallest absolute Gasteiger partial charge is 0.267 e. The van der Waals surface area contributed by atoms with Crippen molar-refractivity contribution < 1.29 is 4.79 Å². The molecule has 0 aliphatic heterocycles. The summed E-state index contributed by atoms with van der Waals surface area (Å²) < 4.78 is 0. The van der Waals surface area contributed by atoms with Gasteiger partial charge in [-0.2, -0.15) is 0 Å². The molecular formula is C17H16ClN3OS. The minimum absolute atomic E-state index is 0.243. The molecule has 0 bridgehead atoms. The lowest BCUT2D eigenvalue weighted by Crippen LogP contribution is -2.12. The van der Waals surface area contributed by atoms with E-state index in [0.29, 0.717) is 21.3 Å². The Morgan fingerprint density at radius 2 is 2.04 bits per heavy atom. The Morgan fingerprint density at radius 1 is 1.30 bits per heavy atom. The van der Waals surface area contributed by atoms with E-state index in [-0.39, 0.29) is 5.91 Å². The van der Waals surface area contributed by atoms with Crippen molar-refractivity contribution >= 4 is 50.4 Å². The Morgan fingerprint density at radius 3 is 2.78 bits per heavy atom. The number of nitrogens with zero attached hydrogens (tertiary/aromatic N) is 1. The second-order valence-electron chi connectivity index (χ2n) is 5.47. The Kier molecular flexibility index (Phi) is 4.00. The summed E-state index contributed by atoms with van der Waals surface area (Å²) in [5.74, 6) is -0.243. The summed E-state index contributed by atoms with van der Waals surface area (Å²) >= 11 is 7.40. The molecule has 0 spiro atoms. The van der Waals surface area contributed by atoms with E-state index in [4.69, 9.17) is 17.3 Å². The molecule has 0 aliphatic carbocycles. The molecule has 1 amide bonds. The molecule has 1 aromatic carbocycles. The van der Waals surface area contributed by atoms with Gasteiger partial charge in [-0.25, -0.2) is 4.98 Å². The third-order valence-corrected chi connectivity index (χ3v) is 5.25. The summed E-state index contributed by atoms with van der Waals surface area (Å²) in [4.78, 5) is 18.3. The number of nitrogen functional groups attached to an aromatic ring is 1. The molecule has 3 aromatic rings. The van der Waals surface area contributed by atoms with Gasteiger partial charge in [-0.3, -0.25) is 4.79 Å². The lowest BCUT2D eigenvalue weighted by Gasteiger charge is -2.09. The number of rotatable bonds is 2. The van der Waals surface area contributed by atoms with Crippen LogP contribution in [0.1, 0.15) is 26.5 Å². The summed E-state index contributed by atoms with van der Waals surface area (Å²) in [7, 11) is 0. The quantitative estimate of drug-likeness (QED) is 0.706. The SMILES string of the molecule is Cc1cc(C)c2c(N)c(C(=O)Nc3cccc(Cl)c3C)sc2n1. The molecule has 0 unspecified atom stereocenters. The van der Waals surface area contributed by atoms with Crippen LogP contribution in [-0.2, 0) is 0 Å². The molecule has 3 rings (SSSR count). The molecular weight excluding hydrogens is 330 g/mol. The predicted molar refractivity (Wildman–Crippen MR) is 97.6 cm³/mol. The second-order valence-corrected chi connectivity index (χ2v) is 6.88. The minimum atomic E-state index is -0.243. The third kappa shape index (κ3) is 2.78. The lowest BCUT2D eigenvalue weighted by atomic mass is 10.1. The first-order chi connectivity index (χ1) is 10.9. The maximum Gasteiger partial charge on any atom is 0.267 e. The fourth-order valence-electron chi connectivity index (χ4n) is 2.56. The fraction of sp³-hybridized carbons (Fsp3) is 0.176. The van der Waals surface area contributed by atoms with E-state index in [1.165, 1.54) is 11.3 Å². The third-order valence-electron chi connectivity index (χ3n) is 3.75. The van der Waals surface area contributed by atoms with E-state index in [0.717, 1.165) is 27.0 Å². The number of fused-ring (bicyclic) bond motifs is 1.